The van der Waals surface area contributed by atoms with Crippen LogP contribution < -0.4 is 16.6 Å². The Morgan fingerprint density at radius 1 is 0.967 bits per heavy atom. The van der Waals surface area contributed by atoms with Crippen molar-refractivity contribution in [3.8, 4) is 0 Å². The number of anilines is 1. The summed E-state index contributed by atoms with van der Waals surface area (Å²) in [6.45, 7) is 4.68. The summed E-state index contributed by atoms with van der Waals surface area (Å²) in [6.07, 6.45) is 1.41. The summed E-state index contributed by atoms with van der Waals surface area (Å²) in [7, 11) is -3.63. The Morgan fingerprint density at radius 2 is 1.53 bits per heavy atom. The number of carbonyl (C=O) groups is 2. The Kier molecular flexibility index (Phi) is 8.22. The standard InChI is InChI=1S/C20H25ClN4O4S/c1-3-11-25(12-4-2)30(28,29)16-8-5-14(6-9-16)19(26)23-24-20(27)17-13-15(21)7-10-18(17)22/h5-10,13H,3-4,11-12,22H2,1-2H3,(H,23,26)(H,24,27). The van der Waals surface area contributed by atoms with Crippen LogP contribution in [0.2, 0.25) is 5.02 Å². The lowest BCUT2D eigenvalue weighted by Gasteiger charge is -2.21. The minimum Gasteiger partial charge on any atom is -0.398 e. The third-order valence-corrected chi connectivity index (χ3v) is 6.40. The van der Waals surface area contributed by atoms with Gasteiger partial charge in [-0.3, -0.25) is 20.4 Å². The van der Waals surface area contributed by atoms with Crippen molar-refractivity contribution in [2.45, 2.75) is 31.6 Å². The van der Waals surface area contributed by atoms with Crippen LogP contribution >= 0.6 is 11.6 Å². The van der Waals surface area contributed by atoms with Gasteiger partial charge in [-0.1, -0.05) is 25.4 Å². The Hall–Kier alpha value is -2.62. The second-order valence-electron chi connectivity index (χ2n) is 6.57. The molecule has 2 amide bonds. The van der Waals surface area contributed by atoms with Crippen molar-refractivity contribution in [1.82, 2.24) is 15.2 Å². The fourth-order valence-corrected chi connectivity index (χ4v) is 4.55. The lowest BCUT2D eigenvalue weighted by atomic mass is 10.2. The first-order chi connectivity index (χ1) is 14.2. The summed E-state index contributed by atoms with van der Waals surface area (Å²) in [5.74, 6) is -1.23. The highest BCUT2D eigenvalue weighted by Gasteiger charge is 2.23. The summed E-state index contributed by atoms with van der Waals surface area (Å²) in [6, 6.07) is 9.94. The van der Waals surface area contributed by atoms with Crippen LogP contribution in [0.5, 0.6) is 0 Å². The molecule has 0 saturated carbocycles. The first kappa shape index (κ1) is 23.7. The third kappa shape index (κ3) is 5.71. The molecule has 0 aromatic heterocycles. The van der Waals surface area contributed by atoms with Crippen molar-refractivity contribution < 1.29 is 18.0 Å². The number of nitrogens with zero attached hydrogens (tertiary/aromatic N) is 1. The van der Waals surface area contributed by atoms with Gasteiger partial charge in [0, 0.05) is 29.4 Å². The number of nitrogens with two attached hydrogens (primary N) is 1. The molecular weight excluding hydrogens is 428 g/mol. The fourth-order valence-electron chi connectivity index (χ4n) is 2.76. The van der Waals surface area contributed by atoms with Crippen LogP contribution in [0.15, 0.2) is 47.4 Å². The van der Waals surface area contributed by atoms with E-state index in [4.69, 9.17) is 17.3 Å². The molecule has 0 saturated heterocycles. The number of sulfonamides is 1. The third-order valence-electron chi connectivity index (χ3n) is 4.25. The van der Waals surface area contributed by atoms with E-state index in [1.165, 1.54) is 40.7 Å². The molecule has 0 radical (unpaired) electrons. The molecule has 0 unspecified atom stereocenters. The van der Waals surface area contributed by atoms with Gasteiger partial charge in [0.05, 0.1) is 10.5 Å². The van der Waals surface area contributed by atoms with E-state index in [-0.39, 0.29) is 21.7 Å². The topological polar surface area (TPSA) is 122 Å². The van der Waals surface area contributed by atoms with Crippen LogP contribution in [-0.2, 0) is 10.0 Å². The highest BCUT2D eigenvalue weighted by molar-refractivity contribution is 7.89. The van der Waals surface area contributed by atoms with Crippen molar-refractivity contribution in [1.29, 1.82) is 0 Å². The predicted octanol–water partition coefficient (Wildman–Crippen LogP) is 2.81. The SMILES string of the molecule is CCCN(CCC)S(=O)(=O)c1ccc(C(=O)NNC(=O)c2cc(Cl)ccc2N)cc1. The maximum absolute atomic E-state index is 12.8. The predicted molar refractivity (Wildman–Crippen MR) is 117 cm³/mol. The number of halogens is 1. The van der Waals surface area contributed by atoms with Gasteiger partial charge in [-0.25, -0.2) is 8.42 Å². The molecule has 2 rings (SSSR count). The first-order valence-corrected chi connectivity index (χ1v) is 11.3. The molecule has 30 heavy (non-hydrogen) atoms. The van der Waals surface area contributed by atoms with Gasteiger partial charge in [0.25, 0.3) is 11.8 Å². The fraction of sp³-hybridized carbons (Fsp3) is 0.300. The molecule has 10 heteroatoms. The number of benzene rings is 2. The van der Waals surface area contributed by atoms with E-state index in [1.807, 2.05) is 13.8 Å². The molecule has 4 N–H and O–H groups in total. The molecule has 2 aromatic carbocycles. The van der Waals surface area contributed by atoms with Gasteiger partial charge in [0.15, 0.2) is 0 Å². The molecule has 0 atom stereocenters. The minimum absolute atomic E-state index is 0.108. The number of hydrogen-bond donors (Lipinski definition) is 3. The van der Waals surface area contributed by atoms with Gasteiger partial charge in [-0.05, 0) is 55.3 Å². The van der Waals surface area contributed by atoms with Crippen molar-refractivity contribution in [2.75, 3.05) is 18.8 Å². The Balaban J connectivity index is 2.08. The smallest absolute Gasteiger partial charge is 0.271 e. The molecule has 0 aliphatic carbocycles. The van der Waals surface area contributed by atoms with E-state index in [0.29, 0.717) is 31.0 Å². The second kappa shape index (κ2) is 10.4. The number of hydrazine groups is 1. The van der Waals surface area contributed by atoms with Crippen LogP contribution in [0.4, 0.5) is 5.69 Å². The van der Waals surface area contributed by atoms with E-state index in [2.05, 4.69) is 10.9 Å². The monoisotopic (exact) mass is 452 g/mol. The maximum atomic E-state index is 12.8. The van der Waals surface area contributed by atoms with Gasteiger partial charge in [0.2, 0.25) is 10.0 Å². The molecule has 8 nitrogen and oxygen atoms in total. The normalized spacial score (nSPS) is 11.3. The largest absolute Gasteiger partial charge is 0.398 e. The van der Waals surface area contributed by atoms with Crippen molar-refractivity contribution in [3.63, 3.8) is 0 Å². The number of nitrogens with one attached hydrogen (secondary N) is 2. The van der Waals surface area contributed by atoms with E-state index < -0.39 is 21.8 Å². The zero-order valence-corrected chi connectivity index (χ0v) is 18.4. The summed E-state index contributed by atoms with van der Waals surface area (Å²) in [4.78, 5) is 24.6. The minimum atomic E-state index is -3.63. The van der Waals surface area contributed by atoms with E-state index >= 15 is 0 Å². The lowest BCUT2D eigenvalue weighted by Crippen LogP contribution is -2.41. The van der Waals surface area contributed by atoms with Gasteiger partial charge in [0.1, 0.15) is 0 Å². The zero-order chi connectivity index (χ0) is 22.3. The van der Waals surface area contributed by atoms with Crippen LogP contribution in [0.25, 0.3) is 0 Å². The average Bonchev–Trinajstić information content (AvgIpc) is 2.73. The Labute approximate surface area is 181 Å². The molecule has 162 valence electrons. The van der Waals surface area contributed by atoms with E-state index in [0.717, 1.165) is 0 Å². The highest BCUT2D eigenvalue weighted by Crippen LogP contribution is 2.18. The summed E-state index contributed by atoms with van der Waals surface area (Å²) >= 11 is 5.86. The van der Waals surface area contributed by atoms with Crippen molar-refractivity contribution in [3.05, 3.63) is 58.6 Å². The number of carbonyl (C=O) groups excluding carboxylic acids is 2. The maximum Gasteiger partial charge on any atom is 0.271 e. The van der Waals surface area contributed by atoms with Gasteiger partial charge < -0.3 is 5.73 Å². The zero-order valence-electron chi connectivity index (χ0n) is 16.8. The molecule has 0 heterocycles. The Bertz CT molecular complexity index is 1000. The lowest BCUT2D eigenvalue weighted by molar-refractivity contribution is 0.0847. The van der Waals surface area contributed by atoms with Crippen LogP contribution in [0.3, 0.4) is 0 Å². The average molecular weight is 453 g/mol. The quantitative estimate of drug-likeness (QED) is 0.420. The van der Waals surface area contributed by atoms with Crippen LogP contribution in [0.1, 0.15) is 47.4 Å². The van der Waals surface area contributed by atoms with Gasteiger partial charge in [-0.2, -0.15) is 4.31 Å². The first-order valence-electron chi connectivity index (χ1n) is 9.46. The van der Waals surface area contributed by atoms with Crippen molar-refractivity contribution in [2.24, 2.45) is 0 Å². The Morgan fingerprint density at radius 3 is 2.10 bits per heavy atom. The second-order valence-corrected chi connectivity index (χ2v) is 8.94. The summed E-state index contributed by atoms with van der Waals surface area (Å²) in [5, 5.41) is 0.331. The van der Waals surface area contributed by atoms with E-state index in [9.17, 15) is 18.0 Å². The molecule has 2 aromatic rings. The molecule has 0 bridgehead atoms. The van der Waals surface area contributed by atoms with Crippen LogP contribution in [0, 0.1) is 0 Å². The summed E-state index contributed by atoms with van der Waals surface area (Å²) < 4.78 is 27.0. The number of hydrogen-bond acceptors (Lipinski definition) is 5. The molecular formula is C20H25ClN4O4S. The molecule has 0 aliphatic rings. The number of rotatable bonds is 8. The van der Waals surface area contributed by atoms with Crippen LogP contribution in [-0.4, -0.2) is 37.6 Å². The van der Waals surface area contributed by atoms with Crippen molar-refractivity contribution >= 4 is 39.1 Å². The molecule has 0 spiro atoms. The molecule has 0 fully saturated rings. The number of amides is 2. The van der Waals surface area contributed by atoms with Gasteiger partial charge in [-0.15, -0.1) is 0 Å². The summed E-state index contributed by atoms with van der Waals surface area (Å²) in [5.41, 5.74) is 10.8. The molecule has 0 aliphatic heterocycles. The van der Waals surface area contributed by atoms with Gasteiger partial charge >= 0.3 is 0 Å². The van der Waals surface area contributed by atoms with E-state index in [1.54, 1.807) is 6.07 Å². The highest BCUT2D eigenvalue weighted by atomic mass is 35.5. The number of nitrogen functional groups attached to an aromatic ring is 1.